The lowest BCUT2D eigenvalue weighted by molar-refractivity contribution is -0.140. The first-order valence-corrected chi connectivity index (χ1v) is 9.75. The van der Waals surface area contributed by atoms with E-state index in [0.29, 0.717) is 5.56 Å². The van der Waals surface area contributed by atoms with Gasteiger partial charge in [-0.25, -0.2) is 12.8 Å². The molecule has 0 saturated heterocycles. The molecule has 0 aliphatic carbocycles. The van der Waals surface area contributed by atoms with E-state index in [1.165, 1.54) is 43.1 Å². The number of likely N-dealkylation sites (N-methyl/N-ethyl adjacent to an activating group) is 1. The zero-order chi connectivity index (χ0) is 19.9. The Hall–Kier alpha value is -2.04. The quantitative estimate of drug-likeness (QED) is 0.595. The van der Waals surface area contributed by atoms with E-state index < -0.39 is 40.2 Å². The molecule has 0 fully saturated rings. The third kappa shape index (κ3) is 6.70. The van der Waals surface area contributed by atoms with E-state index in [1.54, 1.807) is 0 Å². The first-order chi connectivity index (χ1) is 12.1. The Labute approximate surface area is 152 Å². The normalized spacial score (nSPS) is 12.7. The molecule has 1 aromatic carbocycles. The van der Waals surface area contributed by atoms with Crippen LogP contribution in [-0.4, -0.2) is 73.6 Å². The van der Waals surface area contributed by atoms with Crippen LogP contribution in [0.25, 0.3) is 0 Å². The van der Waals surface area contributed by atoms with Gasteiger partial charge in [-0.05, 0) is 24.6 Å². The second kappa shape index (κ2) is 9.60. The number of benzene rings is 1. The van der Waals surface area contributed by atoms with Crippen LogP contribution in [0.5, 0.6) is 0 Å². The second-order valence-corrected chi connectivity index (χ2v) is 7.95. The Morgan fingerprint density at radius 3 is 2.35 bits per heavy atom. The predicted molar refractivity (Wildman–Crippen MR) is 94.0 cm³/mol. The number of halogens is 1. The van der Waals surface area contributed by atoms with Crippen molar-refractivity contribution in [1.29, 1.82) is 0 Å². The molecule has 0 aliphatic rings. The van der Waals surface area contributed by atoms with Gasteiger partial charge in [0, 0.05) is 20.1 Å². The van der Waals surface area contributed by atoms with E-state index in [-0.39, 0.29) is 19.7 Å². The van der Waals surface area contributed by atoms with Crippen LogP contribution in [0.3, 0.4) is 0 Å². The topological polar surface area (TPSA) is 107 Å². The fourth-order valence-corrected chi connectivity index (χ4v) is 2.44. The Kier molecular flexibility index (Phi) is 8.12. The Morgan fingerprint density at radius 2 is 1.85 bits per heavy atom. The molecule has 1 atom stereocenters. The third-order valence-electron chi connectivity index (χ3n) is 3.77. The van der Waals surface area contributed by atoms with Crippen molar-refractivity contribution < 1.29 is 27.5 Å². The highest BCUT2D eigenvalue weighted by molar-refractivity contribution is 7.88. The average molecular weight is 389 g/mol. The largest absolute Gasteiger partial charge is 0.395 e. The fraction of sp³-hybridized carbons (Fsp3) is 0.500. The van der Waals surface area contributed by atoms with Gasteiger partial charge in [0.15, 0.2) is 0 Å². The molecule has 10 heteroatoms. The van der Waals surface area contributed by atoms with Gasteiger partial charge < -0.3 is 15.3 Å². The molecule has 0 spiro atoms. The molecule has 0 aliphatic heterocycles. The van der Waals surface area contributed by atoms with E-state index in [9.17, 15) is 22.4 Å². The fourth-order valence-electron chi connectivity index (χ4n) is 2.09. The number of carbonyl (C=O) groups excluding carboxylic acids is 2. The van der Waals surface area contributed by atoms with Crippen LogP contribution < -0.4 is 5.32 Å². The number of hydrogen-bond acceptors (Lipinski definition) is 5. The van der Waals surface area contributed by atoms with E-state index >= 15 is 0 Å². The van der Waals surface area contributed by atoms with Crippen molar-refractivity contribution in [2.75, 3.05) is 33.0 Å². The number of aliphatic hydroxyl groups is 1. The number of rotatable bonds is 9. The molecule has 8 nitrogen and oxygen atoms in total. The lowest BCUT2D eigenvalue weighted by Gasteiger charge is -2.30. The highest BCUT2D eigenvalue weighted by Gasteiger charge is 2.28. The summed E-state index contributed by atoms with van der Waals surface area (Å²) >= 11 is 0. The number of sulfonamides is 1. The van der Waals surface area contributed by atoms with Crippen LogP contribution >= 0.6 is 0 Å². The lowest BCUT2D eigenvalue weighted by Crippen LogP contribution is -2.50. The Balaban J connectivity index is 3.01. The maximum atomic E-state index is 13.1. The van der Waals surface area contributed by atoms with Crippen LogP contribution in [0, 0.1) is 5.82 Å². The first kappa shape index (κ1) is 22.0. The summed E-state index contributed by atoms with van der Waals surface area (Å²) in [6.07, 6.45) is 0.974. The van der Waals surface area contributed by atoms with Gasteiger partial charge in [0.05, 0.1) is 19.4 Å². The molecule has 1 rings (SSSR count). The maximum absolute atomic E-state index is 13.1. The molecule has 2 amide bonds. The average Bonchev–Trinajstić information content (AvgIpc) is 2.57. The molecule has 146 valence electrons. The molecule has 0 saturated carbocycles. The second-order valence-electron chi connectivity index (χ2n) is 5.86. The number of nitrogens with one attached hydrogen (secondary N) is 1. The number of carbonyl (C=O) groups is 2. The maximum Gasteiger partial charge on any atom is 0.242 e. The molecular formula is C16H24FN3O5S. The van der Waals surface area contributed by atoms with Gasteiger partial charge in [-0.15, -0.1) is 0 Å². The van der Waals surface area contributed by atoms with Crippen molar-refractivity contribution in [3.8, 4) is 0 Å². The van der Waals surface area contributed by atoms with Crippen LogP contribution in [0.4, 0.5) is 4.39 Å². The highest BCUT2D eigenvalue weighted by Crippen LogP contribution is 2.11. The van der Waals surface area contributed by atoms with E-state index in [0.717, 1.165) is 10.6 Å². The summed E-state index contributed by atoms with van der Waals surface area (Å²) in [6.45, 7) is 0.850. The van der Waals surface area contributed by atoms with Crippen molar-refractivity contribution in [2.24, 2.45) is 0 Å². The SMILES string of the molecule is CC(C(=O)NCCO)N(Cc1ccc(F)cc1)C(=O)CN(C)S(C)(=O)=O. The minimum absolute atomic E-state index is 0.00439. The Morgan fingerprint density at radius 1 is 1.27 bits per heavy atom. The van der Waals surface area contributed by atoms with Gasteiger partial charge in [0.2, 0.25) is 21.8 Å². The van der Waals surface area contributed by atoms with Gasteiger partial charge in [0.25, 0.3) is 0 Å². The van der Waals surface area contributed by atoms with Crippen LogP contribution in [0.2, 0.25) is 0 Å². The number of aliphatic hydroxyl groups excluding tert-OH is 1. The van der Waals surface area contributed by atoms with Crippen LogP contribution in [0.1, 0.15) is 12.5 Å². The van der Waals surface area contributed by atoms with E-state index in [1.807, 2.05) is 0 Å². The molecule has 1 aromatic rings. The van der Waals surface area contributed by atoms with Gasteiger partial charge >= 0.3 is 0 Å². The summed E-state index contributed by atoms with van der Waals surface area (Å²) in [6, 6.07) is 4.52. The molecule has 1 unspecified atom stereocenters. The lowest BCUT2D eigenvalue weighted by atomic mass is 10.1. The Bertz CT molecular complexity index is 724. The first-order valence-electron chi connectivity index (χ1n) is 7.90. The van der Waals surface area contributed by atoms with Crippen molar-refractivity contribution in [3.05, 3.63) is 35.6 Å². The molecule has 0 aromatic heterocycles. The third-order valence-corrected chi connectivity index (χ3v) is 5.03. The minimum Gasteiger partial charge on any atom is -0.395 e. The van der Waals surface area contributed by atoms with Crippen molar-refractivity contribution in [1.82, 2.24) is 14.5 Å². The van der Waals surface area contributed by atoms with Crippen molar-refractivity contribution in [3.63, 3.8) is 0 Å². The van der Waals surface area contributed by atoms with Crippen molar-refractivity contribution in [2.45, 2.75) is 19.5 Å². The summed E-state index contributed by atoms with van der Waals surface area (Å²) < 4.78 is 37.0. The molecule has 26 heavy (non-hydrogen) atoms. The summed E-state index contributed by atoms with van der Waals surface area (Å²) in [7, 11) is -2.30. The summed E-state index contributed by atoms with van der Waals surface area (Å²) in [4.78, 5) is 26.0. The summed E-state index contributed by atoms with van der Waals surface area (Å²) in [5.74, 6) is -1.50. The molecule has 0 bridgehead atoms. The van der Waals surface area contributed by atoms with Crippen molar-refractivity contribution >= 4 is 21.8 Å². The molecule has 0 radical (unpaired) electrons. The minimum atomic E-state index is -3.57. The zero-order valence-electron chi connectivity index (χ0n) is 15.0. The van der Waals surface area contributed by atoms with Crippen LogP contribution in [-0.2, 0) is 26.2 Å². The molecule has 2 N–H and O–H groups in total. The predicted octanol–water partition coefficient (Wildman–Crippen LogP) is -0.457. The summed E-state index contributed by atoms with van der Waals surface area (Å²) in [5.41, 5.74) is 0.587. The number of nitrogens with zero attached hydrogens (tertiary/aromatic N) is 2. The van der Waals surface area contributed by atoms with E-state index in [4.69, 9.17) is 5.11 Å². The monoisotopic (exact) mass is 389 g/mol. The number of amides is 2. The summed E-state index contributed by atoms with van der Waals surface area (Å²) in [5, 5.41) is 11.3. The van der Waals surface area contributed by atoms with Crippen LogP contribution in [0.15, 0.2) is 24.3 Å². The standard InChI is InChI=1S/C16H24FN3O5S/c1-12(16(23)18-8-9-21)20(10-13-4-6-14(17)7-5-13)15(22)11-19(2)26(3,24)25/h4-7,12,21H,8-11H2,1-3H3,(H,18,23). The smallest absolute Gasteiger partial charge is 0.242 e. The molecule has 0 heterocycles. The number of hydrogen-bond donors (Lipinski definition) is 2. The molecular weight excluding hydrogens is 365 g/mol. The van der Waals surface area contributed by atoms with E-state index in [2.05, 4.69) is 5.32 Å². The highest BCUT2D eigenvalue weighted by atomic mass is 32.2. The van der Waals surface area contributed by atoms with Gasteiger partial charge in [0.1, 0.15) is 11.9 Å². The van der Waals surface area contributed by atoms with Gasteiger partial charge in [-0.2, -0.15) is 4.31 Å². The van der Waals surface area contributed by atoms with Gasteiger partial charge in [-0.1, -0.05) is 12.1 Å². The zero-order valence-corrected chi connectivity index (χ0v) is 15.8. The van der Waals surface area contributed by atoms with Gasteiger partial charge in [-0.3, -0.25) is 9.59 Å².